The number of aliphatic hydroxyl groups is 1. The molecule has 2 aliphatic rings. The third-order valence-electron chi connectivity index (χ3n) is 4.53. The molecule has 0 aromatic heterocycles. The Labute approximate surface area is 146 Å². The van der Waals surface area contributed by atoms with Crippen LogP contribution in [-0.2, 0) is 19.6 Å². The number of sulfonamides is 1. The lowest BCUT2D eigenvalue weighted by Gasteiger charge is -2.33. The van der Waals surface area contributed by atoms with E-state index in [2.05, 4.69) is 0 Å². The molecule has 0 atom stereocenters. The Hall–Kier alpha value is -1.81. The number of nitrogens with zero attached hydrogens (tertiary/aromatic N) is 3. The number of imide groups is 1. The minimum Gasteiger partial charge on any atom is -0.395 e. The predicted octanol–water partition coefficient (Wildman–Crippen LogP) is -0.361. The van der Waals surface area contributed by atoms with Crippen molar-refractivity contribution in [2.75, 3.05) is 44.2 Å². The van der Waals surface area contributed by atoms with Gasteiger partial charge in [0.15, 0.2) is 0 Å². The quantitative estimate of drug-likeness (QED) is 0.714. The number of rotatable bonds is 5. The van der Waals surface area contributed by atoms with Crippen molar-refractivity contribution in [3.63, 3.8) is 0 Å². The van der Waals surface area contributed by atoms with E-state index in [4.69, 9.17) is 5.11 Å². The summed E-state index contributed by atoms with van der Waals surface area (Å²) in [5.74, 6) is -0.527. The fourth-order valence-electron chi connectivity index (χ4n) is 3.12. The summed E-state index contributed by atoms with van der Waals surface area (Å²) in [5.41, 5.74) is 0.402. The highest BCUT2D eigenvalue weighted by Gasteiger charge is 2.31. The number of anilines is 1. The number of carbonyl (C=O) groups excluding carboxylic acids is 2. The second-order valence-corrected chi connectivity index (χ2v) is 8.02. The molecule has 136 valence electrons. The van der Waals surface area contributed by atoms with Crippen LogP contribution in [0.25, 0.3) is 0 Å². The number of hydrogen-bond donors (Lipinski definition) is 1. The van der Waals surface area contributed by atoms with Gasteiger partial charge in [0, 0.05) is 45.6 Å². The summed E-state index contributed by atoms with van der Waals surface area (Å²) in [6, 6.07) is 5.86. The van der Waals surface area contributed by atoms with Crippen LogP contribution in [0.4, 0.5) is 5.69 Å². The van der Waals surface area contributed by atoms with E-state index >= 15 is 0 Å². The van der Waals surface area contributed by atoms with E-state index in [1.54, 1.807) is 0 Å². The van der Waals surface area contributed by atoms with Crippen LogP contribution >= 0.6 is 0 Å². The number of amides is 2. The molecule has 0 bridgehead atoms. The average molecular weight is 367 g/mol. The molecule has 2 amide bonds. The monoisotopic (exact) mass is 367 g/mol. The van der Waals surface area contributed by atoms with Gasteiger partial charge in [-0.2, -0.15) is 4.31 Å². The van der Waals surface area contributed by atoms with Gasteiger partial charge in [-0.1, -0.05) is 0 Å². The number of hydrogen-bond acceptors (Lipinski definition) is 6. The third kappa shape index (κ3) is 3.59. The lowest BCUT2D eigenvalue weighted by Crippen LogP contribution is -2.49. The topological polar surface area (TPSA) is 98.2 Å². The first-order chi connectivity index (χ1) is 11.9. The number of aliphatic hydroxyl groups excluding tert-OH is 1. The van der Waals surface area contributed by atoms with Gasteiger partial charge in [0.05, 0.1) is 17.2 Å². The Morgan fingerprint density at radius 1 is 0.920 bits per heavy atom. The molecule has 2 fully saturated rings. The molecule has 2 aliphatic heterocycles. The Morgan fingerprint density at radius 2 is 1.48 bits per heavy atom. The van der Waals surface area contributed by atoms with Gasteiger partial charge in [0.1, 0.15) is 0 Å². The van der Waals surface area contributed by atoms with Crippen LogP contribution < -0.4 is 4.90 Å². The van der Waals surface area contributed by atoms with E-state index in [0.717, 1.165) is 4.90 Å². The van der Waals surface area contributed by atoms with Crippen molar-refractivity contribution in [2.45, 2.75) is 17.7 Å². The number of piperazine rings is 1. The maximum atomic E-state index is 12.7. The lowest BCUT2D eigenvalue weighted by molar-refractivity contribution is -0.121. The van der Waals surface area contributed by atoms with Gasteiger partial charge in [0.2, 0.25) is 21.8 Å². The van der Waals surface area contributed by atoms with Crippen molar-refractivity contribution in [1.29, 1.82) is 0 Å². The maximum absolute atomic E-state index is 12.7. The van der Waals surface area contributed by atoms with Gasteiger partial charge >= 0.3 is 0 Å². The maximum Gasteiger partial charge on any atom is 0.243 e. The summed E-state index contributed by atoms with van der Waals surface area (Å²) in [6.07, 6.45) is 0.383. The zero-order chi connectivity index (χ0) is 18.0. The minimum absolute atomic E-state index is 0.0577. The zero-order valence-corrected chi connectivity index (χ0v) is 14.6. The van der Waals surface area contributed by atoms with Crippen LogP contribution in [0.5, 0.6) is 0 Å². The van der Waals surface area contributed by atoms with Crippen molar-refractivity contribution in [2.24, 2.45) is 0 Å². The minimum atomic E-state index is -3.61. The van der Waals surface area contributed by atoms with Gasteiger partial charge in [-0.15, -0.1) is 0 Å². The molecule has 0 unspecified atom stereocenters. The van der Waals surface area contributed by atoms with Gasteiger partial charge in [0.25, 0.3) is 0 Å². The summed E-state index contributed by atoms with van der Waals surface area (Å²) in [6.45, 7) is 2.49. The van der Waals surface area contributed by atoms with Crippen LogP contribution in [0.1, 0.15) is 12.8 Å². The number of benzene rings is 1. The highest BCUT2D eigenvalue weighted by atomic mass is 32.2. The van der Waals surface area contributed by atoms with E-state index in [-0.39, 0.29) is 36.2 Å². The molecule has 2 heterocycles. The molecule has 1 N–H and O–H groups in total. The molecule has 0 radical (unpaired) electrons. The summed E-state index contributed by atoms with van der Waals surface area (Å²) in [7, 11) is -3.61. The standard InChI is InChI=1S/C16H21N3O5S/c20-12-11-17-7-9-18(10-8-17)25(23,24)14-3-1-13(2-4-14)19-15(21)5-6-16(19)22/h1-4,20H,5-12H2. The van der Waals surface area contributed by atoms with Crippen LogP contribution in [0.15, 0.2) is 29.2 Å². The van der Waals surface area contributed by atoms with Gasteiger partial charge in [-0.3, -0.25) is 19.4 Å². The molecule has 0 aliphatic carbocycles. The van der Waals surface area contributed by atoms with E-state index in [9.17, 15) is 18.0 Å². The summed E-state index contributed by atoms with van der Waals surface area (Å²) in [4.78, 5) is 26.8. The van der Waals surface area contributed by atoms with E-state index in [1.165, 1.54) is 28.6 Å². The average Bonchev–Trinajstić information content (AvgIpc) is 2.94. The van der Waals surface area contributed by atoms with Crippen molar-refractivity contribution in [3.8, 4) is 0 Å². The Balaban J connectivity index is 1.73. The third-order valence-corrected chi connectivity index (χ3v) is 6.44. The molecule has 1 aromatic rings. The van der Waals surface area contributed by atoms with Gasteiger partial charge in [-0.05, 0) is 24.3 Å². The van der Waals surface area contributed by atoms with Gasteiger partial charge in [-0.25, -0.2) is 8.42 Å². The predicted molar refractivity (Wildman–Crippen MR) is 90.5 cm³/mol. The zero-order valence-electron chi connectivity index (χ0n) is 13.8. The number of β-amino-alcohol motifs (C(OH)–C–C–N with tert-alkyl or cyclic N) is 1. The summed E-state index contributed by atoms with van der Waals surface area (Å²) < 4.78 is 26.9. The lowest BCUT2D eigenvalue weighted by atomic mass is 10.3. The van der Waals surface area contributed by atoms with Crippen LogP contribution in [0.2, 0.25) is 0 Å². The molecule has 1 aromatic carbocycles. The fraction of sp³-hybridized carbons (Fsp3) is 0.500. The number of carbonyl (C=O) groups is 2. The molecule has 0 spiro atoms. The van der Waals surface area contributed by atoms with Crippen molar-refractivity contribution < 1.29 is 23.1 Å². The van der Waals surface area contributed by atoms with Crippen molar-refractivity contribution >= 4 is 27.5 Å². The molecule has 9 heteroatoms. The molecule has 25 heavy (non-hydrogen) atoms. The summed E-state index contributed by atoms with van der Waals surface area (Å²) in [5, 5.41) is 8.95. The molecule has 2 saturated heterocycles. The van der Waals surface area contributed by atoms with Crippen LogP contribution in [0, 0.1) is 0 Å². The van der Waals surface area contributed by atoms with Crippen molar-refractivity contribution in [3.05, 3.63) is 24.3 Å². The molecule has 0 saturated carbocycles. The Bertz CT molecular complexity index is 738. The summed E-state index contributed by atoms with van der Waals surface area (Å²) >= 11 is 0. The van der Waals surface area contributed by atoms with E-state index < -0.39 is 10.0 Å². The smallest absolute Gasteiger partial charge is 0.243 e. The second kappa shape index (κ2) is 7.20. The highest BCUT2D eigenvalue weighted by molar-refractivity contribution is 7.89. The largest absolute Gasteiger partial charge is 0.395 e. The molecular weight excluding hydrogens is 346 g/mol. The molecular formula is C16H21N3O5S. The first kappa shape index (κ1) is 18.0. The van der Waals surface area contributed by atoms with E-state index in [0.29, 0.717) is 38.4 Å². The normalized spacial score (nSPS) is 20.4. The first-order valence-corrected chi connectivity index (χ1v) is 9.67. The molecule has 3 rings (SSSR count). The Morgan fingerprint density at radius 3 is 2.00 bits per heavy atom. The van der Waals surface area contributed by atoms with Crippen molar-refractivity contribution in [1.82, 2.24) is 9.21 Å². The fourth-order valence-corrected chi connectivity index (χ4v) is 4.54. The van der Waals surface area contributed by atoms with Crippen LogP contribution in [0.3, 0.4) is 0 Å². The highest BCUT2D eigenvalue weighted by Crippen LogP contribution is 2.25. The molecule has 8 nitrogen and oxygen atoms in total. The first-order valence-electron chi connectivity index (χ1n) is 8.22. The SMILES string of the molecule is O=C1CCC(=O)N1c1ccc(S(=O)(=O)N2CCN(CCO)CC2)cc1. The van der Waals surface area contributed by atoms with Crippen LogP contribution in [-0.4, -0.2) is 73.9 Å². The Kier molecular flexibility index (Phi) is 5.19. The van der Waals surface area contributed by atoms with E-state index in [1.807, 2.05) is 4.90 Å². The van der Waals surface area contributed by atoms with Gasteiger partial charge < -0.3 is 5.11 Å². The second-order valence-electron chi connectivity index (χ2n) is 6.09.